The van der Waals surface area contributed by atoms with Crippen molar-refractivity contribution in [3.8, 4) is 0 Å². The molecular formula is C14H24N2. The van der Waals surface area contributed by atoms with E-state index in [9.17, 15) is 0 Å². The van der Waals surface area contributed by atoms with E-state index in [0.29, 0.717) is 0 Å². The summed E-state index contributed by atoms with van der Waals surface area (Å²) in [4.78, 5) is 0. The van der Waals surface area contributed by atoms with Crippen molar-refractivity contribution in [2.24, 2.45) is 0 Å². The zero-order valence-corrected chi connectivity index (χ0v) is 10.3. The fourth-order valence-electron chi connectivity index (χ4n) is 1.70. The summed E-state index contributed by atoms with van der Waals surface area (Å²) in [6, 6.07) is 10.7. The van der Waals surface area contributed by atoms with Crippen LogP contribution in [0.15, 0.2) is 30.3 Å². The van der Waals surface area contributed by atoms with E-state index in [1.165, 1.54) is 24.8 Å². The fourth-order valence-corrected chi connectivity index (χ4v) is 1.70. The second kappa shape index (κ2) is 9.37. The second-order valence-corrected chi connectivity index (χ2v) is 4.05. The van der Waals surface area contributed by atoms with Crippen molar-refractivity contribution in [3.63, 3.8) is 0 Å². The Labute approximate surface area is 99.5 Å². The van der Waals surface area contributed by atoms with Crippen LogP contribution in [0.1, 0.15) is 25.3 Å². The highest BCUT2D eigenvalue weighted by atomic mass is 14.9. The van der Waals surface area contributed by atoms with E-state index in [2.05, 4.69) is 47.9 Å². The number of likely N-dealkylation sites (N-methyl/N-ethyl adjacent to an activating group) is 1. The lowest BCUT2D eigenvalue weighted by Crippen LogP contribution is -2.27. The molecule has 0 radical (unpaired) electrons. The lowest BCUT2D eigenvalue weighted by atomic mass is 10.1. The predicted molar refractivity (Wildman–Crippen MR) is 70.8 cm³/mol. The molecule has 0 spiro atoms. The van der Waals surface area contributed by atoms with Gasteiger partial charge in [-0.15, -0.1) is 0 Å². The zero-order chi connectivity index (χ0) is 11.5. The maximum absolute atomic E-state index is 3.44. The first kappa shape index (κ1) is 13.2. The van der Waals surface area contributed by atoms with Gasteiger partial charge in [0.15, 0.2) is 0 Å². The van der Waals surface area contributed by atoms with Gasteiger partial charge in [0.25, 0.3) is 0 Å². The van der Waals surface area contributed by atoms with Crippen LogP contribution < -0.4 is 10.6 Å². The van der Waals surface area contributed by atoms with Crippen LogP contribution in [-0.2, 0) is 6.42 Å². The summed E-state index contributed by atoms with van der Waals surface area (Å²) in [7, 11) is 0. The lowest BCUT2D eigenvalue weighted by molar-refractivity contribution is 0.593. The van der Waals surface area contributed by atoms with Gasteiger partial charge in [-0.2, -0.15) is 0 Å². The number of hydrogen-bond donors (Lipinski definition) is 2. The smallest absolute Gasteiger partial charge is 0.00767 e. The molecule has 0 saturated carbocycles. The number of hydrogen-bond acceptors (Lipinski definition) is 2. The molecule has 1 aromatic carbocycles. The molecule has 0 aliphatic carbocycles. The highest BCUT2D eigenvalue weighted by molar-refractivity contribution is 5.14. The maximum atomic E-state index is 3.44. The predicted octanol–water partition coefficient (Wildman–Crippen LogP) is 2.21. The Kier molecular flexibility index (Phi) is 7.74. The molecule has 2 N–H and O–H groups in total. The van der Waals surface area contributed by atoms with E-state index in [1.807, 2.05) is 0 Å². The Hall–Kier alpha value is -0.860. The van der Waals surface area contributed by atoms with Gasteiger partial charge in [-0.3, -0.25) is 0 Å². The van der Waals surface area contributed by atoms with Gasteiger partial charge in [-0.25, -0.2) is 0 Å². The third-order valence-corrected chi connectivity index (χ3v) is 2.64. The molecule has 0 heterocycles. The molecule has 0 aromatic heterocycles. The molecular weight excluding hydrogens is 196 g/mol. The quantitative estimate of drug-likeness (QED) is 0.624. The van der Waals surface area contributed by atoms with Crippen LogP contribution in [0.3, 0.4) is 0 Å². The molecule has 0 unspecified atom stereocenters. The minimum Gasteiger partial charge on any atom is -0.316 e. The van der Waals surface area contributed by atoms with Crippen LogP contribution in [-0.4, -0.2) is 26.2 Å². The molecule has 0 aliphatic rings. The van der Waals surface area contributed by atoms with Gasteiger partial charge in [-0.05, 0) is 37.9 Å². The number of aryl methyl sites for hydroxylation is 1. The maximum Gasteiger partial charge on any atom is 0.00767 e. The van der Waals surface area contributed by atoms with Crippen molar-refractivity contribution < 1.29 is 0 Å². The Morgan fingerprint density at radius 3 is 2.38 bits per heavy atom. The summed E-state index contributed by atoms with van der Waals surface area (Å²) in [6.07, 6.45) is 3.75. The average molecular weight is 220 g/mol. The van der Waals surface area contributed by atoms with Crippen LogP contribution in [0.25, 0.3) is 0 Å². The summed E-state index contributed by atoms with van der Waals surface area (Å²) >= 11 is 0. The van der Waals surface area contributed by atoms with Crippen LogP contribution in [0.4, 0.5) is 0 Å². The molecule has 1 rings (SSSR count). The Morgan fingerprint density at radius 2 is 1.62 bits per heavy atom. The van der Waals surface area contributed by atoms with Crippen LogP contribution in [0, 0.1) is 0 Å². The van der Waals surface area contributed by atoms with Crippen molar-refractivity contribution in [3.05, 3.63) is 35.9 Å². The second-order valence-electron chi connectivity index (χ2n) is 4.05. The van der Waals surface area contributed by atoms with Gasteiger partial charge in [0.2, 0.25) is 0 Å². The normalized spacial score (nSPS) is 10.6. The Bertz CT molecular complexity index is 246. The Balaban J connectivity index is 1.89. The lowest BCUT2D eigenvalue weighted by Gasteiger charge is -2.05. The molecule has 1 aromatic rings. The highest BCUT2D eigenvalue weighted by Gasteiger charge is 1.92. The van der Waals surface area contributed by atoms with E-state index >= 15 is 0 Å². The van der Waals surface area contributed by atoms with Crippen molar-refractivity contribution in [2.75, 3.05) is 26.2 Å². The molecule has 90 valence electrons. The first-order chi connectivity index (χ1) is 7.93. The first-order valence-electron chi connectivity index (χ1n) is 6.39. The van der Waals surface area contributed by atoms with Crippen LogP contribution in [0.5, 0.6) is 0 Å². The minimum atomic E-state index is 1.07. The number of rotatable bonds is 9. The third-order valence-electron chi connectivity index (χ3n) is 2.64. The van der Waals surface area contributed by atoms with Gasteiger partial charge in [-0.1, -0.05) is 37.3 Å². The number of nitrogens with one attached hydrogen (secondary N) is 2. The minimum absolute atomic E-state index is 1.07. The standard InChI is InChI=1S/C14H24N2/c1-2-15-12-13-16-11-7-6-10-14-8-4-3-5-9-14/h3-5,8-9,15-16H,2,6-7,10-13H2,1H3. The van der Waals surface area contributed by atoms with E-state index in [-0.39, 0.29) is 0 Å². The third kappa shape index (κ3) is 6.59. The van der Waals surface area contributed by atoms with Crippen molar-refractivity contribution in [2.45, 2.75) is 26.2 Å². The van der Waals surface area contributed by atoms with Crippen molar-refractivity contribution >= 4 is 0 Å². The van der Waals surface area contributed by atoms with E-state index in [1.54, 1.807) is 0 Å². The van der Waals surface area contributed by atoms with E-state index in [4.69, 9.17) is 0 Å². The van der Waals surface area contributed by atoms with Crippen molar-refractivity contribution in [1.29, 1.82) is 0 Å². The summed E-state index contributed by atoms with van der Waals surface area (Å²) < 4.78 is 0. The summed E-state index contributed by atoms with van der Waals surface area (Å²) in [5, 5.41) is 6.75. The highest BCUT2D eigenvalue weighted by Crippen LogP contribution is 2.03. The first-order valence-corrected chi connectivity index (χ1v) is 6.39. The summed E-state index contributed by atoms with van der Waals surface area (Å²) in [5.74, 6) is 0. The van der Waals surface area contributed by atoms with Crippen LogP contribution >= 0.6 is 0 Å². The van der Waals surface area contributed by atoms with Gasteiger partial charge >= 0.3 is 0 Å². The summed E-state index contributed by atoms with van der Waals surface area (Å²) in [5.41, 5.74) is 1.45. The Morgan fingerprint density at radius 1 is 0.875 bits per heavy atom. The van der Waals surface area contributed by atoms with E-state index in [0.717, 1.165) is 26.2 Å². The molecule has 16 heavy (non-hydrogen) atoms. The molecule has 0 fully saturated rings. The molecule has 0 amide bonds. The average Bonchev–Trinajstić information content (AvgIpc) is 2.34. The number of unbranched alkanes of at least 4 members (excludes halogenated alkanes) is 1. The monoisotopic (exact) mass is 220 g/mol. The van der Waals surface area contributed by atoms with Crippen molar-refractivity contribution in [1.82, 2.24) is 10.6 Å². The molecule has 0 atom stereocenters. The SMILES string of the molecule is CCNCCNCCCCc1ccccc1. The van der Waals surface area contributed by atoms with Crippen LogP contribution in [0.2, 0.25) is 0 Å². The number of benzene rings is 1. The molecule has 0 aliphatic heterocycles. The topological polar surface area (TPSA) is 24.1 Å². The van der Waals surface area contributed by atoms with Gasteiger partial charge in [0.1, 0.15) is 0 Å². The molecule has 0 saturated heterocycles. The summed E-state index contributed by atoms with van der Waals surface area (Å²) in [6.45, 7) is 6.50. The zero-order valence-electron chi connectivity index (χ0n) is 10.3. The van der Waals surface area contributed by atoms with E-state index < -0.39 is 0 Å². The molecule has 2 heteroatoms. The largest absolute Gasteiger partial charge is 0.316 e. The molecule has 0 bridgehead atoms. The molecule has 2 nitrogen and oxygen atoms in total. The van der Waals surface area contributed by atoms with Gasteiger partial charge in [0.05, 0.1) is 0 Å². The van der Waals surface area contributed by atoms with Gasteiger partial charge < -0.3 is 10.6 Å². The fraction of sp³-hybridized carbons (Fsp3) is 0.571. The van der Waals surface area contributed by atoms with Gasteiger partial charge in [0, 0.05) is 13.1 Å².